The van der Waals surface area contributed by atoms with E-state index < -0.39 is 0 Å². The normalized spacial score (nSPS) is 16.2. The van der Waals surface area contributed by atoms with Gasteiger partial charge < -0.3 is 9.32 Å². The van der Waals surface area contributed by atoms with Gasteiger partial charge in [-0.05, 0) is 18.2 Å². The fourth-order valence-corrected chi connectivity index (χ4v) is 2.02. The number of amides is 1. The zero-order chi connectivity index (χ0) is 12.0. The minimum absolute atomic E-state index is 0.00409. The molecule has 1 aromatic heterocycles. The highest BCUT2D eigenvalue weighted by atomic mass is 16.3. The van der Waals surface area contributed by atoms with Gasteiger partial charge in [-0.1, -0.05) is 0 Å². The average Bonchev–Trinajstić information content (AvgIpc) is 2.78. The summed E-state index contributed by atoms with van der Waals surface area (Å²) < 4.78 is 5.35. The molecule has 5 nitrogen and oxygen atoms in total. The Morgan fingerprint density at radius 1 is 1.35 bits per heavy atom. The van der Waals surface area contributed by atoms with Gasteiger partial charge in [0, 0.05) is 12.6 Å². The molecule has 0 unspecified atom stereocenters. The molecule has 0 spiro atoms. The number of carbonyl (C=O) groups excluding carboxylic acids is 2. The number of nitrogens with zero attached hydrogens (tertiary/aromatic N) is 2. The van der Waals surface area contributed by atoms with Crippen molar-refractivity contribution in [2.75, 3.05) is 11.4 Å². The van der Waals surface area contributed by atoms with Gasteiger partial charge in [-0.3, -0.25) is 9.59 Å². The lowest BCUT2D eigenvalue weighted by atomic mass is 10.2. The summed E-state index contributed by atoms with van der Waals surface area (Å²) in [6.45, 7) is 1.92. The first-order chi connectivity index (χ1) is 8.13. The van der Waals surface area contributed by atoms with Crippen LogP contribution in [-0.2, 0) is 9.59 Å². The molecule has 17 heavy (non-hydrogen) atoms. The van der Waals surface area contributed by atoms with Gasteiger partial charge in [0.1, 0.15) is 5.52 Å². The monoisotopic (exact) mass is 230 g/mol. The van der Waals surface area contributed by atoms with E-state index in [0.717, 1.165) is 0 Å². The van der Waals surface area contributed by atoms with E-state index in [0.29, 0.717) is 22.7 Å². The minimum Gasteiger partial charge on any atom is -0.441 e. The zero-order valence-corrected chi connectivity index (χ0v) is 9.27. The van der Waals surface area contributed by atoms with Gasteiger partial charge in [0.25, 0.3) is 0 Å². The molecule has 2 aromatic rings. The van der Waals surface area contributed by atoms with E-state index in [2.05, 4.69) is 4.98 Å². The summed E-state index contributed by atoms with van der Waals surface area (Å²) in [5.41, 5.74) is 2.08. The average molecular weight is 230 g/mol. The van der Waals surface area contributed by atoms with Crippen LogP contribution in [0.25, 0.3) is 11.1 Å². The van der Waals surface area contributed by atoms with Crippen LogP contribution in [0.1, 0.15) is 12.3 Å². The molecule has 1 amide bonds. The molecule has 5 heteroatoms. The van der Waals surface area contributed by atoms with Crippen LogP contribution in [0.3, 0.4) is 0 Å². The summed E-state index contributed by atoms with van der Waals surface area (Å²) in [4.78, 5) is 28.5. The largest absolute Gasteiger partial charge is 0.441 e. The Morgan fingerprint density at radius 2 is 2.18 bits per heavy atom. The maximum atomic E-state index is 11.6. The molecule has 3 rings (SSSR count). The fraction of sp³-hybridized carbons (Fsp3) is 0.250. The smallest absolute Gasteiger partial charge is 0.234 e. The first-order valence-electron chi connectivity index (χ1n) is 5.33. The maximum absolute atomic E-state index is 11.6. The standard InChI is InChI=1S/C12H10N2O3/c1-7-13-10-4-8(2-3-11(10)17-7)14-6-9(15)5-12(14)16/h2-4H,5-6H2,1H3. The van der Waals surface area contributed by atoms with E-state index in [4.69, 9.17) is 4.42 Å². The van der Waals surface area contributed by atoms with Crippen molar-refractivity contribution in [3.63, 3.8) is 0 Å². The summed E-state index contributed by atoms with van der Waals surface area (Å²) in [5.74, 6) is 0.377. The van der Waals surface area contributed by atoms with Crippen LogP contribution in [0, 0.1) is 6.92 Å². The fourth-order valence-electron chi connectivity index (χ4n) is 2.02. The van der Waals surface area contributed by atoms with Gasteiger partial charge in [-0.2, -0.15) is 0 Å². The lowest BCUT2D eigenvalue weighted by molar-refractivity contribution is -0.121. The lowest BCUT2D eigenvalue weighted by Gasteiger charge is -2.13. The van der Waals surface area contributed by atoms with Gasteiger partial charge in [0.15, 0.2) is 17.3 Å². The van der Waals surface area contributed by atoms with Gasteiger partial charge in [0.05, 0.1) is 13.0 Å². The molecule has 1 aliphatic heterocycles. The highest BCUT2D eigenvalue weighted by Crippen LogP contribution is 2.25. The Morgan fingerprint density at radius 3 is 2.88 bits per heavy atom. The van der Waals surface area contributed by atoms with Crippen molar-refractivity contribution in [3.05, 3.63) is 24.1 Å². The number of rotatable bonds is 1. The van der Waals surface area contributed by atoms with E-state index in [-0.39, 0.29) is 24.7 Å². The molecule has 1 saturated heterocycles. The van der Waals surface area contributed by atoms with Crippen LogP contribution < -0.4 is 4.90 Å². The number of hydrogen-bond acceptors (Lipinski definition) is 4. The second-order valence-electron chi connectivity index (χ2n) is 4.08. The van der Waals surface area contributed by atoms with Crippen molar-refractivity contribution in [2.24, 2.45) is 0 Å². The van der Waals surface area contributed by atoms with Crippen LogP contribution in [0.5, 0.6) is 0 Å². The van der Waals surface area contributed by atoms with Crippen molar-refractivity contribution < 1.29 is 14.0 Å². The number of Topliss-reactive ketones (excluding diaryl/α,β-unsaturated/α-hetero) is 1. The third-order valence-electron chi connectivity index (χ3n) is 2.77. The first-order valence-corrected chi connectivity index (χ1v) is 5.33. The Balaban J connectivity index is 2.05. The number of oxazole rings is 1. The van der Waals surface area contributed by atoms with Crippen molar-refractivity contribution in [2.45, 2.75) is 13.3 Å². The Hall–Kier alpha value is -2.17. The third kappa shape index (κ3) is 1.60. The summed E-state index contributed by atoms with van der Waals surface area (Å²) in [6, 6.07) is 5.30. The quantitative estimate of drug-likeness (QED) is 0.695. The number of aromatic nitrogens is 1. The molecule has 0 saturated carbocycles. The second kappa shape index (κ2) is 3.41. The minimum atomic E-state index is -0.158. The van der Waals surface area contributed by atoms with E-state index >= 15 is 0 Å². The summed E-state index contributed by atoms with van der Waals surface area (Å²) in [5, 5.41) is 0. The number of ketones is 1. The van der Waals surface area contributed by atoms with E-state index in [1.54, 1.807) is 25.1 Å². The number of benzene rings is 1. The zero-order valence-electron chi connectivity index (χ0n) is 9.27. The highest BCUT2D eigenvalue weighted by Gasteiger charge is 2.28. The van der Waals surface area contributed by atoms with E-state index in [1.807, 2.05) is 0 Å². The van der Waals surface area contributed by atoms with Crippen molar-refractivity contribution in [3.8, 4) is 0 Å². The van der Waals surface area contributed by atoms with Crippen molar-refractivity contribution >= 4 is 28.5 Å². The molecule has 0 aliphatic carbocycles. The predicted octanol–water partition coefficient (Wildman–Crippen LogP) is 1.44. The molecule has 1 aromatic carbocycles. The number of aryl methyl sites for hydroxylation is 1. The van der Waals surface area contributed by atoms with Gasteiger partial charge in [-0.15, -0.1) is 0 Å². The second-order valence-corrected chi connectivity index (χ2v) is 4.08. The topological polar surface area (TPSA) is 63.4 Å². The molecule has 1 fully saturated rings. The summed E-state index contributed by atoms with van der Waals surface area (Å²) in [6.07, 6.45) is -0.00409. The Labute approximate surface area is 97.0 Å². The van der Waals surface area contributed by atoms with Crippen LogP contribution >= 0.6 is 0 Å². The van der Waals surface area contributed by atoms with Crippen LogP contribution in [0.2, 0.25) is 0 Å². The summed E-state index contributed by atoms with van der Waals surface area (Å²) >= 11 is 0. The van der Waals surface area contributed by atoms with E-state index in [1.165, 1.54) is 4.90 Å². The molecule has 0 radical (unpaired) electrons. The lowest BCUT2D eigenvalue weighted by Crippen LogP contribution is -2.24. The van der Waals surface area contributed by atoms with Gasteiger partial charge in [0.2, 0.25) is 5.91 Å². The molecular formula is C12H10N2O3. The number of hydrogen-bond donors (Lipinski definition) is 0. The first kappa shape index (κ1) is 10.0. The van der Waals surface area contributed by atoms with Crippen molar-refractivity contribution in [1.82, 2.24) is 4.98 Å². The third-order valence-corrected chi connectivity index (χ3v) is 2.77. The van der Waals surface area contributed by atoms with E-state index in [9.17, 15) is 9.59 Å². The van der Waals surface area contributed by atoms with Crippen LogP contribution in [-0.4, -0.2) is 23.2 Å². The molecule has 0 N–H and O–H groups in total. The number of fused-ring (bicyclic) bond motifs is 1. The predicted molar refractivity (Wildman–Crippen MR) is 60.7 cm³/mol. The molecule has 1 aliphatic rings. The van der Waals surface area contributed by atoms with Gasteiger partial charge >= 0.3 is 0 Å². The molecular weight excluding hydrogens is 220 g/mol. The summed E-state index contributed by atoms with van der Waals surface area (Å²) in [7, 11) is 0. The number of carbonyl (C=O) groups is 2. The number of anilines is 1. The Kier molecular flexibility index (Phi) is 2.01. The van der Waals surface area contributed by atoms with Crippen LogP contribution in [0.4, 0.5) is 5.69 Å². The molecule has 0 atom stereocenters. The van der Waals surface area contributed by atoms with Crippen molar-refractivity contribution in [1.29, 1.82) is 0 Å². The Bertz CT molecular complexity index is 630. The van der Waals surface area contributed by atoms with Crippen LogP contribution in [0.15, 0.2) is 22.6 Å². The molecule has 86 valence electrons. The molecule has 2 heterocycles. The highest BCUT2D eigenvalue weighted by molar-refractivity contribution is 6.15. The molecule has 0 bridgehead atoms. The SMILES string of the molecule is Cc1nc2cc(N3CC(=O)CC3=O)ccc2o1. The van der Waals surface area contributed by atoms with Gasteiger partial charge in [-0.25, -0.2) is 4.98 Å². The maximum Gasteiger partial charge on any atom is 0.234 e.